The first-order valence-corrected chi connectivity index (χ1v) is 10.4. The van der Waals surface area contributed by atoms with Gasteiger partial charge >= 0.3 is 0 Å². The van der Waals surface area contributed by atoms with Crippen molar-refractivity contribution in [3.05, 3.63) is 29.3 Å². The summed E-state index contributed by atoms with van der Waals surface area (Å²) in [5.74, 6) is 1.10. The van der Waals surface area contributed by atoms with Crippen LogP contribution in [0.4, 0.5) is 5.69 Å². The van der Waals surface area contributed by atoms with E-state index in [1.165, 1.54) is 10.6 Å². The average molecular weight is 350 g/mol. The SMILES string of the molecule is CC1CC(C)CN(C(=O)c2ccc3c(c2)CC(C)N3S(C)(=O)=O)C1. The largest absolute Gasteiger partial charge is 0.338 e. The minimum atomic E-state index is -3.30. The predicted molar refractivity (Wildman–Crippen MR) is 95.8 cm³/mol. The van der Waals surface area contributed by atoms with Crippen molar-refractivity contribution in [3.8, 4) is 0 Å². The second-order valence-electron chi connectivity index (χ2n) is 7.61. The molecule has 2 aliphatic rings. The Hall–Kier alpha value is -1.56. The van der Waals surface area contributed by atoms with Gasteiger partial charge in [0.1, 0.15) is 0 Å². The Morgan fingerprint density at radius 1 is 1.12 bits per heavy atom. The van der Waals surface area contributed by atoms with Crippen LogP contribution in [0.25, 0.3) is 0 Å². The van der Waals surface area contributed by atoms with Crippen LogP contribution in [0, 0.1) is 11.8 Å². The van der Waals surface area contributed by atoms with Crippen LogP contribution in [-0.2, 0) is 16.4 Å². The summed E-state index contributed by atoms with van der Waals surface area (Å²) in [5, 5.41) is 0. The fourth-order valence-electron chi connectivity index (χ4n) is 4.25. The molecule has 3 rings (SSSR count). The number of fused-ring (bicyclic) bond motifs is 1. The molecule has 1 aromatic carbocycles. The van der Waals surface area contributed by atoms with Gasteiger partial charge in [-0.05, 0) is 55.4 Å². The highest BCUT2D eigenvalue weighted by Crippen LogP contribution is 2.35. The highest BCUT2D eigenvalue weighted by molar-refractivity contribution is 7.92. The van der Waals surface area contributed by atoms with Crippen LogP contribution in [0.5, 0.6) is 0 Å². The number of nitrogens with zero attached hydrogens (tertiary/aromatic N) is 2. The molecule has 0 saturated carbocycles. The summed E-state index contributed by atoms with van der Waals surface area (Å²) >= 11 is 0. The van der Waals surface area contributed by atoms with Crippen molar-refractivity contribution >= 4 is 21.6 Å². The zero-order valence-electron chi connectivity index (χ0n) is 14.8. The van der Waals surface area contributed by atoms with Gasteiger partial charge in [0.05, 0.1) is 11.9 Å². The zero-order chi connectivity index (χ0) is 17.6. The summed E-state index contributed by atoms with van der Waals surface area (Å²) in [7, 11) is -3.30. The first-order chi connectivity index (χ1) is 11.2. The van der Waals surface area contributed by atoms with Crippen molar-refractivity contribution in [2.75, 3.05) is 23.7 Å². The molecule has 2 heterocycles. The van der Waals surface area contributed by atoms with Crippen LogP contribution in [0.2, 0.25) is 0 Å². The Bertz CT molecular complexity index is 750. The molecule has 6 heteroatoms. The third-order valence-electron chi connectivity index (χ3n) is 4.99. The Morgan fingerprint density at radius 2 is 1.75 bits per heavy atom. The van der Waals surface area contributed by atoms with Crippen molar-refractivity contribution in [1.82, 2.24) is 4.90 Å². The maximum absolute atomic E-state index is 12.8. The van der Waals surface area contributed by atoms with E-state index < -0.39 is 10.0 Å². The topological polar surface area (TPSA) is 57.7 Å². The Balaban J connectivity index is 1.88. The Kier molecular flexibility index (Phi) is 4.36. The van der Waals surface area contributed by atoms with Gasteiger partial charge in [0, 0.05) is 24.7 Å². The summed E-state index contributed by atoms with van der Waals surface area (Å²) in [5.41, 5.74) is 2.32. The van der Waals surface area contributed by atoms with E-state index in [0.717, 1.165) is 25.1 Å². The fraction of sp³-hybridized carbons (Fsp3) is 0.611. The molecular weight excluding hydrogens is 324 g/mol. The fourth-order valence-corrected chi connectivity index (χ4v) is 5.52. The van der Waals surface area contributed by atoms with E-state index in [-0.39, 0.29) is 11.9 Å². The van der Waals surface area contributed by atoms with Crippen LogP contribution in [0.15, 0.2) is 18.2 Å². The summed E-state index contributed by atoms with van der Waals surface area (Å²) in [6.07, 6.45) is 3.04. The lowest BCUT2D eigenvalue weighted by atomic mass is 9.91. The number of hydrogen-bond donors (Lipinski definition) is 0. The lowest BCUT2D eigenvalue weighted by molar-refractivity contribution is 0.0623. The standard InChI is InChI=1S/C18H26N2O3S/c1-12-7-13(2)11-19(10-12)18(21)15-5-6-17-16(9-15)8-14(3)20(17)24(4,22)23/h5-6,9,12-14H,7-8,10-11H2,1-4H3. The molecule has 1 aromatic rings. The first kappa shape index (κ1) is 17.3. The average Bonchev–Trinajstić information content (AvgIpc) is 2.80. The van der Waals surface area contributed by atoms with E-state index in [9.17, 15) is 13.2 Å². The second-order valence-corrected chi connectivity index (χ2v) is 9.47. The maximum atomic E-state index is 12.8. The van der Waals surface area contributed by atoms with E-state index in [1.54, 1.807) is 12.1 Å². The van der Waals surface area contributed by atoms with Crippen molar-refractivity contribution in [3.63, 3.8) is 0 Å². The minimum Gasteiger partial charge on any atom is -0.338 e. The molecule has 3 atom stereocenters. The summed E-state index contributed by atoms with van der Waals surface area (Å²) in [4.78, 5) is 14.8. The Labute approximate surface area is 144 Å². The maximum Gasteiger partial charge on any atom is 0.253 e. The highest BCUT2D eigenvalue weighted by Gasteiger charge is 2.33. The molecule has 0 aliphatic carbocycles. The third kappa shape index (κ3) is 3.16. The normalized spacial score (nSPS) is 27.2. The molecule has 3 unspecified atom stereocenters. The molecule has 1 saturated heterocycles. The quantitative estimate of drug-likeness (QED) is 0.823. The van der Waals surface area contributed by atoms with E-state index in [2.05, 4.69) is 13.8 Å². The molecule has 0 bridgehead atoms. The van der Waals surface area contributed by atoms with Crippen LogP contribution < -0.4 is 4.31 Å². The molecule has 0 radical (unpaired) electrons. The highest BCUT2D eigenvalue weighted by atomic mass is 32.2. The van der Waals surface area contributed by atoms with Crippen LogP contribution in [0.1, 0.15) is 43.1 Å². The van der Waals surface area contributed by atoms with E-state index in [1.807, 2.05) is 17.9 Å². The van der Waals surface area contributed by atoms with Crippen molar-refractivity contribution < 1.29 is 13.2 Å². The van der Waals surface area contributed by atoms with E-state index in [4.69, 9.17) is 0 Å². The molecule has 1 amide bonds. The van der Waals surface area contributed by atoms with Crippen LogP contribution in [-0.4, -0.2) is 44.6 Å². The molecule has 0 N–H and O–H groups in total. The number of benzene rings is 1. The van der Waals surface area contributed by atoms with Crippen molar-refractivity contribution in [2.24, 2.45) is 11.8 Å². The van der Waals surface area contributed by atoms with Gasteiger partial charge < -0.3 is 4.90 Å². The van der Waals surface area contributed by atoms with Gasteiger partial charge in [-0.15, -0.1) is 0 Å². The molecule has 24 heavy (non-hydrogen) atoms. The number of carbonyl (C=O) groups excluding carboxylic acids is 1. The minimum absolute atomic E-state index is 0.0571. The van der Waals surface area contributed by atoms with Gasteiger partial charge in [-0.25, -0.2) is 8.42 Å². The van der Waals surface area contributed by atoms with Crippen molar-refractivity contribution in [1.29, 1.82) is 0 Å². The lowest BCUT2D eigenvalue weighted by Crippen LogP contribution is -2.42. The number of piperidine rings is 1. The summed E-state index contributed by atoms with van der Waals surface area (Å²) < 4.78 is 25.5. The van der Waals surface area contributed by atoms with Crippen LogP contribution in [0.3, 0.4) is 0 Å². The molecular formula is C18H26N2O3S. The molecule has 0 aromatic heterocycles. The number of hydrogen-bond acceptors (Lipinski definition) is 3. The lowest BCUT2D eigenvalue weighted by Gasteiger charge is -2.35. The van der Waals surface area contributed by atoms with Gasteiger partial charge in [-0.1, -0.05) is 13.8 Å². The monoisotopic (exact) mass is 350 g/mol. The number of sulfonamides is 1. The van der Waals surface area contributed by atoms with Gasteiger partial charge in [0.2, 0.25) is 10.0 Å². The number of rotatable bonds is 2. The second kappa shape index (κ2) is 6.06. The predicted octanol–water partition coefficient (Wildman–Crippen LogP) is 2.52. The molecule has 2 aliphatic heterocycles. The third-order valence-corrected chi connectivity index (χ3v) is 6.26. The number of anilines is 1. The number of carbonyl (C=O) groups is 1. The number of amides is 1. The van der Waals surface area contributed by atoms with Gasteiger partial charge in [0.25, 0.3) is 5.91 Å². The summed E-state index contributed by atoms with van der Waals surface area (Å²) in [6, 6.07) is 5.32. The van der Waals surface area contributed by atoms with Crippen LogP contribution >= 0.6 is 0 Å². The van der Waals surface area contributed by atoms with Gasteiger partial charge in [0.15, 0.2) is 0 Å². The van der Waals surface area contributed by atoms with Gasteiger partial charge in [-0.2, -0.15) is 0 Å². The van der Waals surface area contributed by atoms with Gasteiger partial charge in [-0.3, -0.25) is 9.10 Å². The Morgan fingerprint density at radius 3 is 2.33 bits per heavy atom. The smallest absolute Gasteiger partial charge is 0.253 e. The summed E-state index contributed by atoms with van der Waals surface area (Å²) in [6.45, 7) is 7.86. The molecule has 132 valence electrons. The van der Waals surface area contributed by atoms with E-state index >= 15 is 0 Å². The molecule has 1 fully saturated rings. The van der Waals surface area contributed by atoms with E-state index in [0.29, 0.717) is 29.5 Å². The first-order valence-electron chi connectivity index (χ1n) is 8.58. The molecule has 5 nitrogen and oxygen atoms in total. The zero-order valence-corrected chi connectivity index (χ0v) is 15.6. The van der Waals surface area contributed by atoms with Crippen molar-refractivity contribution in [2.45, 2.75) is 39.7 Å². The number of likely N-dealkylation sites (tertiary alicyclic amines) is 1. The molecule has 0 spiro atoms.